The van der Waals surface area contributed by atoms with Gasteiger partial charge < -0.3 is 4.23 Å². The van der Waals surface area contributed by atoms with Gasteiger partial charge in [0.15, 0.2) is 0 Å². The molecule has 94 valence electrons. The Morgan fingerprint density at radius 2 is 1.65 bits per heavy atom. The summed E-state index contributed by atoms with van der Waals surface area (Å²) in [4.78, 5) is 0. The summed E-state index contributed by atoms with van der Waals surface area (Å²) >= 11 is 9.63. The molecule has 0 spiro atoms. The fraction of sp³-hybridized carbons (Fsp3) is 0.500. The first-order chi connectivity index (χ1) is 7.74. The first-order valence-corrected chi connectivity index (χ1v) is 13.5. The first kappa shape index (κ1) is 13.7. The van der Waals surface area contributed by atoms with Crippen LogP contribution < -0.4 is 4.23 Å². The molecule has 0 unspecified atom stereocenters. The summed E-state index contributed by atoms with van der Waals surface area (Å²) in [6.45, 7) is 9.93. The lowest BCUT2D eigenvalue weighted by molar-refractivity contribution is 1.35. The van der Waals surface area contributed by atoms with Crippen molar-refractivity contribution in [3.63, 3.8) is 0 Å². The molecule has 0 bridgehead atoms. The van der Waals surface area contributed by atoms with Crippen molar-refractivity contribution in [3.8, 4) is 0 Å². The molecular formula is C12H19BrClNSi2. The van der Waals surface area contributed by atoms with Gasteiger partial charge in [0.2, 0.25) is 0 Å². The van der Waals surface area contributed by atoms with Crippen LogP contribution in [0.15, 0.2) is 22.7 Å². The molecule has 0 atom stereocenters. The Balaban J connectivity index is 2.47. The van der Waals surface area contributed by atoms with Gasteiger partial charge in [0.1, 0.15) is 16.5 Å². The number of nitrogens with zero attached hydrogens (tertiary/aromatic N) is 1. The minimum Gasteiger partial charge on any atom is -0.424 e. The Bertz CT molecular complexity index is 432. The Kier molecular flexibility index (Phi) is 3.54. The van der Waals surface area contributed by atoms with Gasteiger partial charge in [-0.15, -0.1) is 0 Å². The van der Waals surface area contributed by atoms with Gasteiger partial charge in [0.05, 0.1) is 5.02 Å². The Morgan fingerprint density at radius 3 is 2.12 bits per heavy atom. The third-order valence-corrected chi connectivity index (χ3v) is 15.0. The highest BCUT2D eigenvalue weighted by molar-refractivity contribution is 9.10. The summed E-state index contributed by atoms with van der Waals surface area (Å²) in [5.74, 6) is 0. The molecule has 0 saturated carbocycles. The number of halogens is 2. The first-order valence-electron chi connectivity index (χ1n) is 5.99. The average Bonchev–Trinajstić information content (AvgIpc) is 2.41. The number of hydrogen-bond donors (Lipinski definition) is 0. The average molecular weight is 349 g/mol. The van der Waals surface area contributed by atoms with Crippen LogP contribution in [0.3, 0.4) is 0 Å². The third-order valence-electron chi connectivity index (χ3n) is 3.72. The van der Waals surface area contributed by atoms with Crippen LogP contribution in [0.1, 0.15) is 0 Å². The zero-order valence-electron chi connectivity index (χ0n) is 10.8. The third kappa shape index (κ3) is 2.50. The topological polar surface area (TPSA) is 3.24 Å². The minimum atomic E-state index is -1.25. The molecule has 2 rings (SSSR count). The van der Waals surface area contributed by atoms with E-state index in [0.29, 0.717) is 0 Å². The Morgan fingerprint density at radius 1 is 1.12 bits per heavy atom. The van der Waals surface area contributed by atoms with E-state index in [0.717, 1.165) is 9.50 Å². The minimum absolute atomic E-state index is 0.798. The molecule has 1 nitrogen and oxygen atoms in total. The summed E-state index contributed by atoms with van der Waals surface area (Å²) in [5.41, 5.74) is 1.37. The molecule has 0 aliphatic carbocycles. The van der Waals surface area contributed by atoms with Crippen molar-refractivity contribution in [2.45, 2.75) is 38.3 Å². The molecule has 1 aromatic carbocycles. The van der Waals surface area contributed by atoms with Crippen LogP contribution in [0.4, 0.5) is 5.69 Å². The molecule has 17 heavy (non-hydrogen) atoms. The van der Waals surface area contributed by atoms with Crippen molar-refractivity contribution in [2.24, 2.45) is 0 Å². The number of anilines is 1. The lowest BCUT2D eigenvalue weighted by atomic mass is 10.3. The number of rotatable bonds is 1. The molecule has 0 N–H and O–H groups in total. The molecule has 1 aliphatic rings. The van der Waals surface area contributed by atoms with Crippen LogP contribution in [0, 0.1) is 0 Å². The maximum atomic E-state index is 6.09. The fourth-order valence-electron chi connectivity index (χ4n) is 2.98. The second-order valence-corrected chi connectivity index (χ2v) is 16.9. The van der Waals surface area contributed by atoms with Crippen molar-refractivity contribution < 1.29 is 0 Å². The summed E-state index contributed by atoms with van der Waals surface area (Å²) in [6.07, 6.45) is 0. The summed E-state index contributed by atoms with van der Waals surface area (Å²) in [6, 6.07) is 9.23. The van der Waals surface area contributed by atoms with Gasteiger partial charge in [-0.25, -0.2) is 0 Å². The number of benzene rings is 1. The molecule has 1 aliphatic heterocycles. The number of hydrogen-bond acceptors (Lipinski definition) is 1. The molecular weight excluding hydrogens is 330 g/mol. The van der Waals surface area contributed by atoms with Crippen LogP contribution >= 0.6 is 27.5 Å². The van der Waals surface area contributed by atoms with Gasteiger partial charge in [-0.05, 0) is 46.2 Å². The second kappa shape index (κ2) is 4.40. The highest BCUT2D eigenvalue weighted by Crippen LogP contribution is 2.42. The van der Waals surface area contributed by atoms with E-state index in [9.17, 15) is 0 Å². The Hall–Kier alpha value is 0.224. The standard InChI is InChI=1S/C12H19BrClNSi2/c1-16(2)7-8-17(3,4)15(16)10-5-6-12(14)11(13)9-10/h5-6,9H,7-8H2,1-4H3. The van der Waals surface area contributed by atoms with Crippen molar-refractivity contribution in [3.05, 3.63) is 27.7 Å². The molecule has 1 heterocycles. The molecule has 1 saturated heterocycles. The largest absolute Gasteiger partial charge is 0.424 e. The SMILES string of the molecule is C[Si]1(C)CC[Si](C)(C)N1c1ccc(Cl)c(Br)c1. The lowest BCUT2D eigenvalue weighted by Gasteiger charge is -2.41. The second-order valence-electron chi connectivity index (χ2n) is 6.06. The zero-order chi connectivity index (χ0) is 12.8. The van der Waals surface area contributed by atoms with Crippen LogP contribution in [0.2, 0.25) is 43.3 Å². The van der Waals surface area contributed by atoms with Crippen molar-refractivity contribution >= 4 is 49.7 Å². The van der Waals surface area contributed by atoms with E-state index in [-0.39, 0.29) is 0 Å². The van der Waals surface area contributed by atoms with E-state index in [4.69, 9.17) is 11.6 Å². The van der Waals surface area contributed by atoms with Crippen LogP contribution in [-0.4, -0.2) is 16.5 Å². The van der Waals surface area contributed by atoms with Gasteiger partial charge in [0.25, 0.3) is 0 Å². The molecule has 0 aromatic heterocycles. The normalized spacial score (nSPS) is 21.9. The molecule has 1 fully saturated rings. The van der Waals surface area contributed by atoms with Gasteiger partial charge >= 0.3 is 0 Å². The van der Waals surface area contributed by atoms with E-state index >= 15 is 0 Å². The van der Waals surface area contributed by atoms with Gasteiger partial charge in [0, 0.05) is 10.2 Å². The quantitative estimate of drug-likeness (QED) is 0.620. The smallest absolute Gasteiger partial charge is 0.141 e. The lowest BCUT2D eigenvalue weighted by Crippen LogP contribution is -2.55. The molecule has 0 radical (unpaired) electrons. The molecule has 1 aromatic rings. The van der Waals surface area contributed by atoms with Crippen LogP contribution in [0.25, 0.3) is 0 Å². The van der Waals surface area contributed by atoms with E-state index in [1.165, 1.54) is 17.8 Å². The van der Waals surface area contributed by atoms with Crippen LogP contribution in [-0.2, 0) is 0 Å². The van der Waals surface area contributed by atoms with Crippen molar-refractivity contribution in [1.82, 2.24) is 0 Å². The zero-order valence-corrected chi connectivity index (χ0v) is 15.2. The van der Waals surface area contributed by atoms with E-state index in [1.54, 1.807) is 0 Å². The summed E-state index contributed by atoms with van der Waals surface area (Å²) < 4.78 is 3.80. The summed E-state index contributed by atoms with van der Waals surface area (Å²) in [5, 5.41) is 0.798. The van der Waals surface area contributed by atoms with Crippen molar-refractivity contribution in [1.29, 1.82) is 0 Å². The predicted octanol–water partition coefficient (Wildman–Crippen LogP) is 5.33. The van der Waals surface area contributed by atoms with E-state index in [2.05, 4.69) is 58.5 Å². The molecule has 5 heteroatoms. The highest BCUT2D eigenvalue weighted by Gasteiger charge is 2.47. The van der Waals surface area contributed by atoms with Crippen LogP contribution in [0.5, 0.6) is 0 Å². The summed E-state index contributed by atoms with van der Waals surface area (Å²) in [7, 11) is -2.51. The van der Waals surface area contributed by atoms with Gasteiger partial charge in [-0.3, -0.25) is 0 Å². The van der Waals surface area contributed by atoms with Crippen molar-refractivity contribution in [2.75, 3.05) is 4.23 Å². The Labute approximate surface area is 119 Å². The fourth-order valence-corrected chi connectivity index (χ4v) is 17.7. The van der Waals surface area contributed by atoms with E-state index in [1.807, 2.05) is 6.07 Å². The highest BCUT2D eigenvalue weighted by atomic mass is 79.9. The maximum absolute atomic E-state index is 6.09. The predicted molar refractivity (Wildman–Crippen MR) is 86.2 cm³/mol. The monoisotopic (exact) mass is 347 g/mol. The molecule has 0 amide bonds. The van der Waals surface area contributed by atoms with Gasteiger partial charge in [-0.1, -0.05) is 37.8 Å². The van der Waals surface area contributed by atoms with E-state index < -0.39 is 16.5 Å². The van der Waals surface area contributed by atoms with Gasteiger partial charge in [-0.2, -0.15) is 0 Å². The maximum Gasteiger partial charge on any atom is 0.141 e.